The summed E-state index contributed by atoms with van der Waals surface area (Å²) in [7, 11) is 0. The number of hydrogen-bond acceptors (Lipinski definition) is 3. The molecule has 2 aromatic rings. The Kier molecular flexibility index (Phi) is 5.22. The van der Waals surface area contributed by atoms with E-state index < -0.39 is 0 Å². The van der Waals surface area contributed by atoms with Gasteiger partial charge in [-0.2, -0.15) is 0 Å². The van der Waals surface area contributed by atoms with E-state index in [1.54, 1.807) is 4.90 Å². The Morgan fingerprint density at radius 2 is 2.14 bits per heavy atom. The normalized spacial score (nSPS) is 12.3. The lowest BCUT2D eigenvalue weighted by atomic mass is 10.2. The summed E-state index contributed by atoms with van der Waals surface area (Å²) in [5.41, 5.74) is 0.814. The number of rotatable bonds is 6. The lowest BCUT2D eigenvalue weighted by Crippen LogP contribution is -2.42. The quantitative estimate of drug-likeness (QED) is 0.859. The van der Waals surface area contributed by atoms with Gasteiger partial charge in [-0.1, -0.05) is 25.1 Å². The average molecular weight is 290 g/mol. The van der Waals surface area contributed by atoms with Crippen molar-refractivity contribution in [3.8, 4) is 0 Å². The van der Waals surface area contributed by atoms with E-state index in [9.17, 15) is 4.79 Å². The molecule has 0 fully saturated rings. The van der Waals surface area contributed by atoms with Crippen LogP contribution in [-0.4, -0.2) is 35.7 Å². The molecule has 1 aromatic heterocycles. The van der Waals surface area contributed by atoms with E-state index in [1.165, 1.54) is 0 Å². The molecule has 21 heavy (non-hydrogen) atoms. The number of carbonyl (C=O) groups is 1. The molecule has 2 amide bonds. The van der Waals surface area contributed by atoms with Gasteiger partial charge < -0.3 is 19.7 Å². The first-order valence-corrected chi connectivity index (χ1v) is 7.30. The van der Waals surface area contributed by atoms with Crippen LogP contribution in [0.15, 0.2) is 34.7 Å². The minimum absolute atomic E-state index is 0.0353. The van der Waals surface area contributed by atoms with Crippen LogP contribution < -0.4 is 5.32 Å². The van der Waals surface area contributed by atoms with E-state index in [2.05, 4.69) is 5.32 Å². The zero-order chi connectivity index (χ0) is 15.2. The van der Waals surface area contributed by atoms with Crippen molar-refractivity contribution in [3.05, 3.63) is 36.1 Å². The molecule has 0 aliphatic carbocycles. The second-order valence-corrected chi connectivity index (χ2v) is 5.07. The SMILES string of the molecule is CCCN(CCO)C(=O)NC(C)c1cc2ccccc2o1. The van der Waals surface area contributed by atoms with Crippen molar-refractivity contribution in [2.75, 3.05) is 19.7 Å². The number of nitrogens with zero attached hydrogens (tertiary/aromatic N) is 1. The minimum Gasteiger partial charge on any atom is -0.459 e. The predicted molar refractivity (Wildman–Crippen MR) is 82.1 cm³/mol. The van der Waals surface area contributed by atoms with Crippen LogP contribution >= 0.6 is 0 Å². The monoisotopic (exact) mass is 290 g/mol. The Balaban J connectivity index is 2.05. The molecule has 0 aliphatic rings. The third-order valence-electron chi connectivity index (χ3n) is 3.36. The van der Waals surface area contributed by atoms with Crippen molar-refractivity contribution < 1.29 is 14.3 Å². The molecule has 0 saturated heterocycles. The largest absolute Gasteiger partial charge is 0.459 e. The molecule has 2 rings (SSSR count). The molecule has 0 saturated carbocycles. The zero-order valence-electron chi connectivity index (χ0n) is 12.5. The molecular formula is C16H22N2O3. The van der Waals surface area contributed by atoms with Crippen molar-refractivity contribution in [3.63, 3.8) is 0 Å². The highest BCUT2D eigenvalue weighted by Crippen LogP contribution is 2.23. The van der Waals surface area contributed by atoms with Gasteiger partial charge in [-0.3, -0.25) is 0 Å². The fourth-order valence-electron chi connectivity index (χ4n) is 2.27. The van der Waals surface area contributed by atoms with Crippen LogP contribution in [0, 0.1) is 0 Å². The zero-order valence-corrected chi connectivity index (χ0v) is 12.5. The van der Waals surface area contributed by atoms with E-state index in [4.69, 9.17) is 9.52 Å². The van der Waals surface area contributed by atoms with E-state index >= 15 is 0 Å². The number of benzene rings is 1. The van der Waals surface area contributed by atoms with Crippen LogP contribution in [0.4, 0.5) is 4.79 Å². The number of carbonyl (C=O) groups excluding carboxylic acids is 1. The van der Waals surface area contributed by atoms with E-state index in [1.807, 2.05) is 44.2 Å². The van der Waals surface area contributed by atoms with Gasteiger partial charge in [0.25, 0.3) is 0 Å². The second kappa shape index (κ2) is 7.13. The maximum Gasteiger partial charge on any atom is 0.318 e. The number of aliphatic hydroxyl groups excluding tert-OH is 1. The van der Waals surface area contributed by atoms with Gasteiger partial charge >= 0.3 is 6.03 Å². The highest BCUT2D eigenvalue weighted by molar-refractivity contribution is 5.78. The van der Waals surface area contributed by atoms with Gasteiger partial charge in [0.05, 0.1) is 12.6 Å². The van der Waals surface area contributed by atoms with Crippen molar-refractivity contribution in [2.45, 2.75) is 26.3 Å². The maximum atomic E-state index is 12.2. The van der Waals surface area contributed by atoms with Gasteiger partial charge in [0, 0.05) is 18.5 Å². The minimum atomic E-state index is -0.219. The van der Waals surface area contributed by atoms with Crippen molar-refractivity contribution in [1.29, 1.82) is 0 Å². The second-order valence-electron chi connectivity index (χ2n) is 5.07. The van der Waals surface area contributed by atoms with Gasteiger partial charge in [-0.25, -0.2) is 4.79 Å². The third-order valence-corrected chi connectivity index (χ3v) is 3.36. The van der Waals surface area contributed by atoms with Crippen molar-refractivity contribution >= 4 is 17.0 Å². The Bertz CT molecular complexity index is 555. The first-order valence-electron chi connectivity index (χ1n) is 7.30. The molecule has 1 atom stereocenters. The molecule has 1 aromatic carbocycles. The summed E-state index contributed by atoms with van der Waals surface area (Å²) in [5, 5.41) is 12.9. The van der Waals surface area contributed by atoms with Crippen LogP contribution in [0.1, 0.15) is 32.1 Å². The van der Waals surface area contributed by atoms with Crippen molar-refractivity contribution in [1.82, 2.24) is 10.2 Å². The number of aliphatic hydroxyl groups is 1. The third kappa shape index (κ3) is 3.76. The maximum absolute atomic E-state index is 12.2. The fraction of sp³-hybridized carbons (Fsp3) is 0.438. The Morgan fingerprint density at radius 1 is 1.38 bits per heavy atom. The van der Waals surface area contributed by atoms with Gasteiger partial charge in [0.2, 0.25) is 0 Å². The van der Waals surface area contributed by atoms with Crippen molar-refractivity contribution in [2.24, 2.45) is 0 Å². The molecule has 1 unspecified atom stereocenters. The molecular weight excluding hydrogens is 268 g/mol. The summed E-state index contributed by atoms with van der Waals surface area (Å²) < 4.78 is 5.75. The number of amides is 2. The topological polar surface area (TPSA) is 65.7 Å². The molecule has 0 aliphatic heterocycles. The number of fused-ring (bicyclic) bond motifs is 1. The Hall–Kier alpha value is -2.01. The van der Waals surface area contributed by atoms with E-state index in [0.717, 1.165) is 23.2 Å². The van der Waals surface area contributed by atoms with E-state index in [-0.39, 0.29) is 18.7 Å². The first-order chi connectivity index (χ1) is 10.2. The lowest BCUT2D eigenvalue weighted by Gasteiger charge is -2.23. The average Bonchev–Trinajstić information content (AvgIpc) is 2.91. The Labute approximate surface area is 124 Å². The molecule has 2 N–H and O–H groups in total. The first kappa shape index (κ1) is 15.4. The number of urea groups is 1. The number of nitrogens with one attached hydrogen (secondary N) is 1. The standard InChI is InChI=1S/C16H22N2O3/c1-3-8-18(9-10-19)16(20)17-12(2)15-11-13-6-4-5-7-14(13)21-15/h4-7,11-12,19H,3,8-10H2,1-2H3,(H,17,20). The fourth-order valence-corrected chi connectivity index (χ4v) is 2.27. The van der Waals surface area contributed by atoms with Gasteiger partial charge in [-0.15, -0.1) is 0 Å². The van der Waals surface area contributed by atoms with Crippen LogP contribution in [-0.2, 0) is 0 Å². The van der Waals surface area contributed by atoms with Gasteiger partial charge in [0.15, 0.2) is 0 Å². The van der Waals surface area contributed by atoms with Crippen LogP contribution in [0.2, 0.25) is 0 Å². The lowest BCUT2D eigenvalue weighted by molar-refractivity contribution is 0.173. The van der Waals surface area contributed by atoms with Crippen LogP contribution in [0.25, 0.3) is 11.0 Å². The molecule has 114 valence electrons. The summed E-state index contributed by atoms with van der Waals surface area (Å²) >= 11 is 0. The van der Waals surface area contributed by atoms with E-state index in [0.29, 0.717) is 13.1 Å². The molecule has 1 heterocycles. The molecule has 0 radical (unpaired) electrons. The Morgan fingerprint density at radius 3 is 2.81 bits per heavy atom. The smallest absolute Gasteiger partial charge is 0.318 e. The number of para-hydroxylation sites is 1. The number of hydrogen-bond donors (Lipinski definition) is 2. The van der Waals surface area contributed by atoms with Crippen LogP contribution in [0.3, 0.4) is 0 Å². The molecule has 0 bridgehead atoms. The molecule has 0 spiro atoms. The summed E-state index contributed by atoms with van der Waals surface area (Å²) in [5.74, 6) is 0.727. The molecule has 5 heteroatoms. The highest BCUT2D eigenvalue weighted by Gasteiger charge is 2.18. The highest BCUT2D eigenvalue weighted by atomic mass is 16.3. The summed E-state index contributed by atoms with van der Waals surface area (Å²) in [6.45, 7) is 4.82. The number of furan rings is 1. The van der Waals surface area contributed by atoms with Crippen LogP contribution in [0.5, 0.6) is 0 Å². The predicted octanol–water partition coefficient (Wildman–Crippen LogP) is 2.91. The molecule has 5 nitrogen and oxygen atoms in total. The van der Waals surface area contributed by atoms with Gasteiger partial charge in [-0.05, 0) is 25.5 Å². The summed E-state index contributed by atoms with van der Waals surface area (Å²) in [6.07, 6.45) is 0.854. The summed E-state index contributed by atoms with van der Waals surface area (Å²) in [4.78, 5) is 13.8. The van der Waals surface area contributed by atoms with Gasteiger partial charge in [0.1, 0.15) is 11.3 Å². The summed E-state index contributed by atoms with van der Waals surface area (Å²) in [6, 6.07) is 9.30.